The third-order valence-corrected chi connectivity index (χ3v) is 8.83. The highest BCUT2D eigenvalue weighted by atomic mass is 32.2. The van der Waals surface area contributed by atoms with Crippen LogP contribution in [0.4, 0.5) is 5.69 Å². The lowest BCUT2D eigenvalue weighted by molar-refractivity contribution is -0.388. The highest BCUT2D eigenvalue weighted by Crippen LogP contribution is 2.33. The Bertz CT molecular complexity index is 919. The Morgan fingerprint density at radius 3 is 2.04 bits per heavy atom. The van der Waals surface area contributed by atoms with Crippen molar-refractivity contribution in [3.63, 3.8) is 0 Å². The predicted octanol–water partition coefficient (Wildman–Crippen LogP) is 2.04. The molecule has 11 heteroatoms. The van der Waals surface area contributed by atoms with Gasteiger partial charge in [0.1, 0.15) is 0 Å². The summed E-state index contributed by atoms with van der Waals surface area (Å²) in [6, 6.07) is 2.67. The van der Waals surface area contributed by atoms with Crippen LogP contribution in [0.15, 0.2) is 28.0 Å². The normalized spacial score (nSPS) is 21.6. The van der Waals surface area contributed by atoms with Crippen LogP contribution in [0, 0.1) is 16.0 Å². The fraction of sp³-hybridized carbons (Fsp3) is 0.625. The van der Waals surface area contributed by atoms with Crippen molar-refractivity contribution in [3.05, 3.63) is 28.3 Å². The summed E-state index contributed by atoms with van der Waals surface area (Å²) < 4.78 is 52.5. The summed E-state index contributed by atoms with van der Waals surface area (Å²) in [6.07, 6.45) is 3.18. The van der Waals surface area contributed by atoms with Crippen molar-refractivity contribution in [2.75, 3.05) is 21.1 Å². The van der Waals surface area contributed by atoms with E-state index in [0.717, 1.165) is 35.3 Å². The minimum absolute atomic E-state index is 0.226. The highest BCUT2D eigenvalue weighted by Gasteiger charge is 2.36. The summed E-state index contributed by atoms with van der Waals surface area (Å²) >= 11 is 0. The molecule has 1 aromatic carbocycles. The topological polar surface area (TPSA) is 118 Å². The molecule has 1 aliphatic carbocycles. The molecule has 27 heavy (non-hydrogen) atoms. The van der Waals surface area contributed by atoms with Crippen LogP contribution in [0.1, 0.15) is 32.6 Å². The van der Waals surface area contributed by atoms with E-state index in [1.807, 2.05) is 0 Å². The number of nitrogens with zero attached hydrogens (tertiary/aromatic N) is 3. The predicted molar refractivity (Wildman–Crippen MR) is 100 cm³/mol. The fourth-order valence-electron chi connectivity index (χ4n) is 3.19. The second-order valence-corrected chi connectivity index (χ2v) is 11.2. The van der Waals surface area contributed by atoms with Gasteiger partial charge in [-0.2, -0.15) is 4.31 Å². The summed E-state index contributed by atoms with van der Waals surface area (Å²) in [5.74, 6) is 0.530. The molecule has 0 spiro atoms. The average molecular weight is 420 g/mol. The van der Waals surface area contributed by atoms with Crippen LogP contribution in [-0.4, -0.2) is 57.6 Å². The molecule has 0 N–H and O–H groups in total. The minimum atomic E-state index is -4.13. The molecule has 0 radical (unpaired) electrons. The molecule has 0 heterocycles. The van der Waals surface area contributed by atoms with E-state index in [0.29, 0.717) is 18.8 Å². The van der Waals surface area contributed by atoms with Gasteiger partial charge in [0.2, 0.25) is 20.0 Å². The SMILES string of the molecule is CC1CCC(N(C)S(=O)(=O)c2ccc(S(=O)(=O)N(C)C)cc2[N+](=O)[O-])CC1. The van der Waals surface area contributed by atoms with E-state index >= 15 is 0 Å². The minimum Gasteiger partial charge on any atom is -0.258 e. The number of nitro benzene ring substituents is 1. The number of benzene rings is 1. The number of nitro groups is 1. The first-order valence-electron chi connectivity index (χ1n) is 8.58. The fourth-order valence-corrected chi connectivity index (χ4v) is 5.66. The van der Waals surface area contributed by atoms with Gasteiger partial charge in [-0.3, -0.25) is 10.1 Å². The maximum atomic E-state index is 13.0. The average Bonchev–Trinajstić information content (AvgIpc) is 2.60. The van der Waals surface area contributed by atoms with Crippen LogP contribution in [-0.2, 0) is 20.0 Å². The molecule has 152 valence electrons. The number of sulfonamides is 2. The Balaban J connectivity index is 2.49. The van der Waals surface area contributed by atoms with Crippen LogP contribution in [0.5, 0.6) is 0 Å². The van der Waals surface area contributed by atoms with Crippen LogP contribution in [0.3, 0.4) is 0 Å². The maximum absolute atomic E-state index is 13.0. The summed E-state index contributed by atoms with van der Waals surface area (Å²) in [4.78, 5) is 9.79. The van der Waals surface area contributed by atoms with E-state index < -0.39 is 35.6 Å². The molecule has 0 aromatic heterocycles. The molecule has 0 aliphatic heterocycles. The quantitative estimate of drug-likeness (QED) is 0.514. The maximum Gasteiger partial charge on any atom is 0.290 e. The van der Waals surface area contributed by atoms with Crippen LogP contribution in [0.25, 0.3) is 0 Å². The number of hydrogen-bond donors (Lipinski definition) is 0. The third kappa shape index (κ3) is 4.31. The first kappa shape index (κ1) is 21.7. The molecule has 0 bridgehead atoms. The summed E-state index contributed by atoms with van der Waals surface area (Å²) in [5.41, 5.74) is -0.742. The lowest BCUT2D eigenvalue weighted by Crippen LogP contribution is -2.39. The Hall–Kier alpha value is -1.56. The van der Waals surface area contributed by atoms with Gasteiger partial charge in [-0.15, -0.1) is 0 Å². The summed E-state index contributed by atoms with van der Waals surface area (Å²) in [7, 11) is -4.04. The Kier molecular flexibility index (Phi) is 6.30. The van der Waals surface area contributed by atoms with Crippen molar-refractivity contribution in [1.82, 2.24) is 8.61 Å². The molecule has 0 atom stereocenters. The zero-order chi connectivity index (χ0) is 20.6. The Morgan fingerprint density at radius 2 is 1.56 bits per heavy atom. The van der Waals surface area contributed by atoms with Gasteiger partial charge < -0.3 is 0 Å². The van der Waals surface area contributed by atoms with Crippen LogP contribution >= 0.6 is 0 Å². The van der Waals surface area contributed by atoms with E-state index in [9.17, 15) is 26.9 Å². The van der Waals surface area contributed by atoms with Crippen molar-refractivity contribution in [2.24, 2.45) is 5.92 Å². The van der Waals surface area contributed by atoms with Gasteiger partial charge in [0.05, 0.1) is 9.82 Å². The van der Waals surface area contributed by atoms with Crippen molar-refractivity contribution >= 4 is 25.7 Å². The molecule has 9 nitrogen and oxygen atoms in total. The first-order valence-corrected chi connectivity index (χ1v) is 11.5. The zero-order valence-corrected chi connectivity index (χ0v) is 17.5. The third-order valence-electron chi connectivity index (χ3n) is 5.06. The second kappa shape index (κ2) is 7.82. The van der Waals surface area contributed by atoms with Crippen molar-refractivity contribution in [3.8, 4) is 0 Å². The smallest absolute Gasteiger partial charge is 0.258 e. The molecule has 1 aromatic rings. The molecular formula is C16H25N3O6S2. The van der Waals surface area contributed by atoms with Crippen molar-refractivity contribution in [2.45, 2.75) is 48.4 Å². The van der Waals surface area contributed by atoms with E-state index in [2.05, 4.69) is 6.92 Å². The Labute approximate surface area is 160 Å². The van der Waals surface area contributed by atoms with Gasteiger partial charge in [0, 0.05) is 33.3 Å². The van der Waals surface area contributed by atoms with Crippen molar-refractivity contribution < 1.29 is 21.8 Å². The molecule has 1 saturated carbocycles. The molecule has 1 aliphatic rings. The molecule has 0 saturated heterocycles. The molecule has 2 rings (SSSR count). The largest absolute Gasteiger partial charge is 0.290 e. The first-order chi connectivity index (χ1) is 12.4. The zero-order valence-electron chi connectivity index (χ0n) is 15.8. The second-order valence-electron chi connectivity index (χ2n) is 7.11. The van der Waals surface area contributed by atoms with E-state index in [1.165, 1.54) is 25.4 Å². The van der Waals surface area contributed by atoms with Gasteiger partial charge in [0.15, 0.2) is 4.90 Å². The molecular weight excluding hydrogens is 394 g/mol. The van der Waals surface area contributed by atoms with Gasteiger partial charge in [-0.1, -0.05) is 6.92 Å². The standard InChI is InChI=1S/C16H25N3O6S2/c1-12-5-7-13(8-6-12)18(4)27(24,25)16-10-9-14(11-15(16)19(20)21)26(22,23)17(2)3/h9-13H,5-8H2,1-4H3. The van der Waals surface area contributed by atoms with Gasteiger partial charge in [0.25, 0.3) is 5.69 Å². The molecule has 0 unspecified atom stereocenters. The lowest BCUT2D eigenvalue weighted by Gasteiger charge is -2.32. The molecule has 0 amide bonds. The monoisotopic (exact) mass is 419 g/mol. The van der Waals surface area contributed by atoms with E-state index in [4.69, 9.17) is 0 Å². The van der Waals surface area contributed by atoms with Crippen LogP contribution < -0.4 is 0 Å². The van der Waals surface area contributed by atoms with Gasteiger partial charge in [-0.25, -0.2) is 21.1 Å². The Morgan fingerprint density at radius 1 is 1.00 bits per heavy atom. The number of hydrogen-bond acceptors (Lipinski definition) is 6. The van der Waals surface area contributed by atoms with Crippen LogP contribution in [0.2, 0.25) is 0 Å². The van der Waals surface area contributed by atoms with Gasteiger partial charge in [-0.05, 0) is 43.7 Å². The van der Waals surface area contributed by atoms with E-state index in [1.54, 1.807) is 0 Å². The molecule has 1 fully saturated rings. The van der Waals surface area contributed by atoms with Gasteiger partial charge >= 0.3 is 0 Å². The summed E-state index contributed by atoms with van der Waals surface area (Å²) in [6.45, 7) is 2.11. The number of rotatable bonds is 6. The van der Waals surface area contributed by atoms with Crippen molar-refractivity contribution in [1.29, 1.82) is 0 Å². The van der Waals surface area contributed by atoms with E-state index in [-0.39, 0.29) is 10.9 Å². The lowest BCUT2D eigenvalue weighted by atomic mass is 9.87. The highest BCUT2D eigenvalue weighted by molar-refractivity contribution is 7.89. The summed E-state index contributed by atoms with van der Waals surface area (Å²) in [5, 5.41) is 11.5.